The zero-order valence-electron chi connectivity index (χ0n) is 14.5. The maximum absolute atomic E-state index is 4.59. The Labute approximate surface area is 169 Å². The normalized spacial score (nSPS) is 12.6. The summed E-state index contributed by atoms with van der Waals surface area (Å²) in [6.45, 7) is 3.87. The zero-order chi connectivity index (χ0) is 16.8. The molecular weight excluding hydrogens is 445 g/mol. The average molecular weight is 469 g/mol. The zero-order valence-corrected chi connectivity index (χ0v) is 17.6. The first kappa shape index (κ1) is 19.7. The molecule has 2 heterocycles. The molecule has 25 heavy (non-hydrogen) atoms. The van der Waals surface area contributed by atoms with Crippen molar-refractivity contribution >= 4 is 52.3 Å². The van der Waals surface area contributed by atoms with E-state index in [1.54, 1.807) is 18.4 Å². The number of aromatic nitrogens is 2. The number of aromatic amines is 1. The van der Waals surface area contributed by atoms with Crippen molar-refractivity contribution < 1.29 is 0 Å². The van der Waals surface area contributed by atoms with E-state index in [9.17, 15) is 0 Å². The summed E-state index contributed by atoms with van der Waals surface area (Å²) in [5, 5.41) is 8.85. The Hall–Kier alpha value is -1.61. The van der Waals surface area contributed by atoms with Crippen LogP contribution < -0.4 is 10.6 Å². The first-order chi connectivity index (χ1) is 11.8. The highest BCUT2D eigenvalue weighted by atomic mass is 127. The van der Waals surface area contributed by atoms with Crippen LogP contribution in [0.5, 0.6) is 0 Å². The number of nitrogens with zero attached hydrogens (tertiary/aromatic N) is 2. The molecular formula is C18H24IN5S. The third-order valence-corrected chi connectivity index (χ3v) is 5.02. The van der Waals surface area contributed by atoms with Gasteiger partial charge >= 0.3 is 0 Å². The van der Waals surface area contributed by atoms with Gasteiger partial charge in [-0.3, -0.25) is 4.99 Å². The molecule has 0 radical (unpaired) electrons. The molecule has 5 nitrogen and oxygen atoms in total. The van der Waals surface area contributed by atoms with Gasteiger partial charge in [-0.05, 0) is 23.6 Å². The maximum atomic E-state index is 4.59. The number of guanidine groups is 1. The van der Waals surface area contributed by atoms with Gasteiger partial charge in [-0.25, -0.2) is 4.98 Å². The average Bonchev–Trinajstić information content (AvgIpc) is 3.26. The molecule has 0 saturated heterocycles. The number of nitrogens with one attached hydrogen (secondary N) is 3. The summed E-state index contributed by atoms with van der Waals surface area (Å²) in [5.41, 5.74) is 2.10. The van der Waals surface area contributed by atoms with Crippen LogP contribution >= 0.6 is 35.3 Å². The Balaban J connectivity index is 0.00000225. The minimum absolute atomic E-state index is 0. The quantitative estimate of drug-likeness (QED) is 0.293. The lowest BCUT2D eigenvalue weighted by Crippen LogP contribution is -2.39. The molecule has 1 aromatic carbocycles. The van der Waals surface area contributed by atoms with Crippen molar-refractivity contribution in [3.05, 3.63) is 52.5 Å². The van der Waals surface area contributed by atoms with Gasteiger partial charge in [0.25, 0.3) is 0 Å². The van der Waals surface area contributed by atoms with Crippen LogP contribution in [0.4, 0.5) is 0 Å². The van der Waals surface area contributed by atoms with Crippen LogP contribution in [-0.4, -0.2) is 36.1 Å². The molecule has 0 saturated carbocycles. The predicted octanol–water partition coefficient (Wildman–Crippen LogP) is 3.75. The highest BCUT2D eigenvalue weighted by Crippen LogP contribution is 2.19. The van der Waals surface area contributed by atoms with Crippen LogP contribution in [-0.2, 0) is 6.42 Å². The standard InChI is InChI=1S/C18H23N5S.HI/c1-13(16-8-5-11-24-16)12-21-18(19-2)20-10-9-17-22-14-6-3-4-7-15(14)23-17;/h3-8,11,13H,9-10,12H2,1-2H3,(H,22,23)(H2,19,20,21);1H. The second kappa shape index (κ2) is 9.76. The summed E-state index contributed by atoms with van der Waals surface area (Å²) in [6, 6.07) is 12.4. The maximum Gasteiger partial charge on any atom is 0.191 e. The number of rotatable bonds is 6. The van der Waals surface area contributed by atoms with Crippen LogP contribution in [0.3, 0.4) is 0 Å². The van der Waals surface area contributed by atoms with Gasteiger partial charge < -0.3 is 15.6 Å². The van der Waals surface area contributed by atoms with E-state index in [0.717, 1.165) is 42.3 Å². The molecule has 0 spiro atoms. The molecule has 0 bridgehead atoms. The Morgan fingerprint density at radius 3 is 2.80 bits per heavy atom. The number of thiophene rings is 1. The smallest absolute Gasteiger partial charge is 0.191 e. The molecule has 134 valence electrons. The fourth-order valence-electron chi connectivity index (χ4n) is 2.57. The topological polar surface area (TPSA) is 65.1 Å². The van der Waals surface area contributed by atoms with Gasteiger partial charge in [-0.2, -0.15) is 0 Å². The first-order valence-corrected chi connectivity index (χ1v) is 9.06. The number of benzene rings is 1. The number of fused-ring (bicyclic) bond motifs is 1. The number of aliphatic imine (C=N–C) groups is 1. The minimum atomic E-state index is 0. The number of imidazole rings is 1. The molecule has 3 N–H and O–H groups in total. The number of hydrogen-bond acceptors (Lipinski definition) is 3. The highest BCUT2D eigenvalue weighted by Gasteiger charge is 2.08. The molecule has 3 aromatic rings. The van der Waals surface area contributed by atoms with Gasteiger partial charge in [0.05, 0.1) is 11.0 Å². The molecule has 0 aliphatic carbocycles. The summed E-state index contributed by atoms with van der Waals surface area (Å²) in [4.78, 5) is 13.6. The van der Waals surface area contributed by atoms with E-state index >= 15 is 0 Å². The van der Waals surface area contributed by atoms with E-state index < -0.39 is 0 Å². The molecule has 1 atom stereocenters. The summed E-state index contributed by atoms with van der Waals surface area (Å²) < 4.78 is 0. The van der Waals surface area contributed by atoms with Gasteiger partial charge in [0, 0.05) is 37.4 Å². The van der Waals surface area contributed by atoms with Gasteiger partial charge in [0.2, 0.25) is 0 Å². The lowest BCUT2D eigenvalue weighted by Gasteiger charge is -2.14. The van der Waals surface area contributed by atoms with Crippen LogP contribution in [0.2, 0.25) is 0 Å². The van der Waals surface area contributed by atoms with E-state index in [2.05, 4.69) is 50.0 Å². The molecule has 2 aromatic heterocycles. The Morgan fingerprint density at radius 2 is 2.08 bits per heavy atom. The van der Waals surface area contributed by atoms with Crippen LogP contribution in [0, 0.1) is 0 Å². The molecule has 0 amide bonds. The monoisotopic (exact) mass is 469 g/mol. The van der Waals surface area contributed by atoms with E-state index in [4.69, 9.17) is 0 Å². The van der Waals surface area contributed by atoms with Crippen molar-refractivity contribution in [2.45, 2.75) is 19.3 Å². The van der Waals surface area contributed by atoms with E-state index in [1.165, 1.54) is 4.88 Å². The Morgan fingerprint density at radius 1 is 1.24 bits per heavy atom. The van der Waals surface area contributed by atoms with Crippen molar-refractivity contribution in [1.29, 1.82) is 0 Å². The van der Waals surface area contributed by atoms with E-state index in [0.29, 0.717) is 5.92 Å². The summed E-state index contributed by atoms with van der Waals surface area (Å²) in [6.07, 6.45) is 0.829. The van der Waals surface area contributed by atoms with Crippen molar-refractivity contribution in [1.82, 2.24) is 20.6 Å². The molecule has 3 rings (SSSR count). The lowest BCUT2D eigenvalue weighted by molar-refractivity contribution is 0.704. The highest BCUT2D eigenvalue weighted by molar-refractivity contribution is 14.0. The number of para-hydroxylation sites is 2. The third-order valence-electron chi connectivity index (χ3n) is 3.92. The molecule has 0 aliphatic heterocycles. The minimum Gasteiger partial charge on any atom is -0.356 e. The summed E-state index contributed by atoms with van der Waals surface area (Å²) in [5.74, 6) is 2.29. The SMILES string of the molecule is CN=C(NCCc1nc2ccccc2[nH]1)NCC(C)c1cccs1.I. The molecule has 0 fully saturated rings. The van der Waals surface area contributed by atoms with Crippen molar-refractivity contribution in [3.8, 4) is 0 Å². The van der Waals surface area contributed by atoms with Crippen molar-refractivity contribution in [2.24, 2.45) is 4.99 Å². The number of halogens is 1. The second-order valence-electron chi connectivity index (χ2n) is 5.75. The fraction of sp³-hybridized carbons (Fsp3) is 0.333. The summed E-state index contributed by atoms with van der Waals surface area (Å²) >= 11 is 1.79. The van der Waals surface area contributed by atoms with Crippen molar-refractivity contribution in [3.63, 3.8) is 0 Å². The Bertz CT molecular complexity index is 764. The second-order valence-corrected chi connectivity index (χ2v) is 6.73. The third kappa shape index (κ3) is 5.43. The fourth-order valence-corrected chi connectivity index (χ4v) is 3.35. The molecule has 7 heteroatoms. The van der Waals surface area contributed by atoms with E-state index in [1.807, 2.05) is 24.3 Å². The van der Waals surface area contributed by atoms with Gasteiger partial charge in [0.1, 0.15) is 5.82 Å². The molecule has 1 unspecified atom stereocenters. The summed E-state index contributed by atoms with van der Waals surface area (Å²) in [7, 11) is 1.80. The van der Waals surface area contributed by atoms with Crippen LogP contribution in [0.15, 0.2) is 46.8 Å². The molecule has 0 aliphatic rings. The van der Waals surface area contributed by atoms with Crippen molar-refractivity contribution in [2.75, 3.05) is 20.1 Å². The number of H-pyrrole nitrogens is 1. The van der Waals surface area contributed by atoms with Crippen LogP contribution in [0.1, 0.15) is 23.5 Å². The lowest BCUT2D eigenvalue weighted by atomic mass is 10.1. The van der Waals surface area contributed by atoms with Crippen LogP contribution in [0.25, 0.3) is 11.0 Å². The van der Waals surface area contributed by atoms with Gasteiger partial charge in [-0.15, -0.1) is 35.3 Å². The number of hydrogen-bond donors (Lipinski definition) is 3. The predicted molar refractivity (Wildman–Crippen MR) is 117 cm³/mol. The Kier molecular flexibility index (Phi) is 7.70. The largest absolute Gasteiger partial charge is 0.356 e. The van der Waals surface area contributed by atoms with E-state index in [-0.39, 0.29) is 24.0 Å². The van der Waals surface area contributed by atoms with Gasteiger partial charge in [0.15, 0.2) is 5.96 Å². The first-order valence-electron chi connectivity index (χ1n) is 8.18. The van der Waals surface area contributed by atoms with Gasteiger partial charge in [-0.1, -0.05) is 25.1 Å².